The molecule has 1 heteroatoms. The lowest BCUT2D eigenvalue weighted by atomic mass is 10.0. The molecule has 0 atom stereocenters. The van der Waals surface area contributed by atoms with Crippen molar-refractivity contribution >= 4 is 22.5 Å². The van der Waals surface area contributed by atoms with Gasteiger partial charge in [0.05, 0.1) is 6.20 Å². The first-order chi connectivity index (χ1) is 6.45. The monoisotopic (exact) mass is 166 g/mol. The molecule has 1 aliphatic rings. The number of rotatable bonds is 0. The zero-order valence-electron chi connectivity index (χ0n) is 7.04. The molecular formula is C12H8N. The van der Waals surface area contributed by atoms with E-state index in [2.05, 4.69) is 47.9 Å². The van der Waals surface area contributed by atoms with Gasteiger partial charge in [-0.3, -0.25) is 0 Å². The molecule has 1 nitrogen and oxygen atoms in total. The summed E-state index contributed by atoms with van der Waals surface area (Å²) in [6, 6.07) is 12.6. The Bertz CT molecular complexity index is 492. The average molecular weight is 166 g/mol. The Morgan fingerprint density at radius 2 is 1.85 bits per heavy atom. The lowest BCUT2D eigenvalue weighted by Crippen LogP contribution is -1.95. The number of hydrogen-bond acceptors (Lipinski definition) is 1. The van der Waals surface area contributed by atoms with Crippen LogP contribution in [0.1, 0.15) is 5.56 Å². The molecule has 2 aromatic carbocycles. The van der Waals surface area contributed by atoms with Crippen LogP contribution in [0.3, 0.4) is 0 Å². The van der Waals surface area contributed by atoms with E-state index in [4.69, 9.17) is 0 Å². The first-order valence-electron chi connectivity index (χ1n) is 4.32. The average Bonchev–Trinajstić information content (AvgIpc) is 2.19. The van der Waals surface area contributed by atoms with E-state index in [0.717, 1.165) is 5.69 Å². The van der Waals surface area contributed by atoms with Crippen molar-refractivity contribution in [3.05, 3.63) is 48.2 Å². The molecule has 0 amide bonds. The van der Waals surface area contributed by atoms with Crippen LogP contribution in [0.5, 0.6) is 0 Å². The van der Waals surface area contributed by atoms with Gasteiger partial charge in [-0.25, -0.2) is 0 Å². The van der Waals surface area contributed by atoms with E-state index >= 15 is 0 Å². The predicted octanol–water partition coefficient (Wildman–Crippen LogP) is 3.04. The Morgan fingerprint density at radius 1 is 1.00 bits per heavy atom. The highest BCUT2D eigenvalue weighted by Crippen LogP contribution is 2.30. The molecule has 61 valence electrons. The molecule has 3 rings (SSSR count). The molecule has 0 saturated heterocycles. The fourth-order valence-electron chi connectivity index (χ4n) is 1.79. The second kappa shape index (κ2) is 2.36. The predicted molar refractivity (Wildman–Crippen MR) is 55.3 cm³/mol. The van der Waals surface area contributed by atoms with Crippen LogP contribution in [-0.4, -0.2) is 0 Å². The first kappa shape index (κ1) is 6.72. The van der Waals surface area contributed by atoms with Gasteiger partial charge >= 0.3 is 0 Å². The van der Waals surface area contributed by atoms with Crippen molar-refractivity contribution < 1.29 is 0 Å². The van der Waals surface area contributed by atoms with Crippen molar-refractivity contribution in [3.8, 4) is 0 Å². The van der Waals surface area contributed by atoms with Crippen LogP contribution in [0.4, 0.5) is 5.69 Å². The minimum atomic E-state index is 1.15. The molecule has 2 aromatic rings. The quantitative estimate of drug-likeness (QED) is 0.634. The molecule has 0 unspecified atom stereocenters. The molecular weight excluding hydrogens is 158 g/mol. The van der Waals surface area contributed by atoms with Gasteiger partial charge in [-0.05, 0) is 23.1 Å². The zero-order valence-corrected chi connectivity index (χ0v) is 7.04. The third-order valence-corrected chi connectivity index (χ3v) is 2.37. The summed E-state index contributed by atoms with van der Waals surface area (Å²) < 4.78 is 0. The Balaban J connectivity index is 2.56. The fraction of sp³-hybridized carbons (Fsp3) is 0. The third-order valence-electron chi connectivity index (χ3n) is 2.37. The second-order valence-electron chi connectivity index (χ2n) is 3.16. The van der Waals surface area contributed by atoms with Crippen molar-refractivity contribution in [1.29, 1.82) is 0 Å². The van der Waals surface area contributed by atoms with Crippen LogP contribution in [0, 0.1) is 6.20 Å². The lowest BCUT2D eigenvalue weighted by Gasteiger charge is -2.12. The van der Waals surface area contributed by atoms with Crippen LogP contribution in [0.25, 0.3) is 16.8 Å². The summed E-state index contributed by atoms with van der Waals surface area (Å²) in [4.78, 5) is 0. The summed E-state index contributed by atoms with van der Waals surface area (Å²) in [5.74, 6) is 0. The zero-order chi connectivity index (χ0) is 8.67. The van der Waals surface area contributed by atoms with Gasteiger partial charge < -0.3 is 5.32 Å². The summed E-state index contributed by atoms with van der Waals surface area (Å²) >= 11 is 0. The van der Waals surface area contributed by atoms with E-state index in [-0.39, 0.29) is 0 Å². The van der Waals surface area contributed by atoms with Gasteiger partial charge in [-0.15, -0.1) is 0 Å². The Hall–Kier alpha value is -1.76. The van der Waals surface area contributed by atoms with Crippen molar-refractivity contribution in [2.45, 2.75) is 0 Å². The Labute approximate surface area is 76.7 Å². The number of benzene rings is 2. The molecule has 13 heavy (non-hydrogen) atoms. The molecule has 0 bridgehead atoms. The highest BCUT2D eigenvalue weighted by atomic mass is 14.8. The maximum atomic E-state index is 3.12. The smallest absolute Gasteiger partial charge is 0.0630 e. The maximum absolute atomic E-state index is 3.12. The van der Waals surface area contributed by atoms with E-state index in [0.29, 0.717) is 0 Å². The largest absolute Gasteiger partial charge is 0.353 e. The van der Waals surface area contributed by atoms with E-state index in [9.17, 15) is 0 Å². The van der Waals surface area contributed by atoms with E-state index in [1.807, 2.05) is 6.08 Å². The van der Waals surface area contributed by atoms with Gasteiger partial charge in [0.15, 0.2) is 0 Å². The van der Waals surface area contributed by atoms with Crippen LogP contribution < -0.4 is 5.32 Å². The van der Waals surface area contributed by atoms with Gasteiger partial charge in [0, 0.05) is 11.1 Å². The van der Waals surface area contributed by atoms with Gasteiger partial charge in [0.25, 0.3) is 0 Å². The van der Waals surface area contributed by atoms with Crippen LogP contribution in [0.2, 0.25) is 0 Å². The Kier molecular flexibility index (Phi) is 1.22. The summed E-state index contributed by atoms with van der Waals surface area (Å²) in [6.45, 7) is 0. The topological polar surface area (TPSA) is 12.0 Å². The third kappa shape index (κ3) is 0.872. The highest BCUT2D eigenvalue weighted by Gasteiger charge is 2.06. The van der Waals surface area contributed by atoms with Crippen LogP contribution >= 0.6 is 0 Å². The van der Waals surface area contributed by atoms with Crippen molar-refractivity contribution in [2.75, 3.05) is 5.32 Å². The molecule has 0 aromatic heterocycles. The molecule has 1 aliphatic heterocycles. The van der Waals surface area contributed by atoms with E-state index < -0.39 is 0 Å². The van der Waals surface area contributed by atoms with Crippen LogP contribution in [-0.2, 0) is 0 Å². The number of hydrogen-bond donors (Lipinski definition) is 1. The molecule has 0 aliphatic carbocycles. The van der Waals surface area contributed by atoms with Crippen molar-refractivity contribution in [3.63, 3.8) is 0 Å². The standard InChI is InChI=1S/C12H8N/c1-3-9-5-2-6-11-12(9)10(4-1)7-8-13-11/h1-7,13H. The van der Waals surface area contributed by atoms with Gasteiger partial charge in [0.2, 0.25) is 0 Å². The SMILES string of the molecule is [C]1=Cc2cccc3cccc(c23)N1. The Morgan fingerprint density at radius 3 is 2.77 bits per heavy atom. The first-order valence-corrected chi connectivity index (χ1v) is 4.32. The molecule has 1 N–H and O–H groups in total. The van der Waals surface area contributed by atoms with Gasteiger partial charge in [0.1, 0.15) is 0 Å². The molecule has 0 fully saturated rings. The maximum Gasteiger partial charge on any atom is 0.0630 e. The highest BCUT2D eigenvalue weighted by molar-refractivity contribution is 6.01. The molecule has 0 saturated carbocycles. The molecule has 1 radical (unpaired) electrons. The summed E-state index contributed by atoms with van der Waals surface area (Å²) in [5.41, 5.74) is 2.39. The lowest BCUT2D eigenvalue weighted by molar-refractivity contribution is 1.55. The normalized spacial score (nSPS) is 12.9. The number of anilines is 1. The van der Waals surface area contributed by atoms with Crippen LogP contribution in [0.15, 0.2) is 36.4 Å². The minimum absolute atomic E-state index is 1.15. The summed E-state index contributed by atoms with van der Waals surface area (Å²) in [5, 5.41) is 5.69. The second-order valence-corrected chi connectivity index (χ2v) is 3.16. The van der Waals surface area contributed by atoms with E-state index in [1.165, 1.54) is 16.3 Å². The van der Waals surface area contributed by atoms with Gasteiger partial charge in [-0.2, -0.15) is 0 Å². The molecule has 0 spiro atoms. The fourth-order valence-corrected chi connectivity index (χ4v) is 1.79. The summed E-state index contributed by atoms with van der Waals surface area (Å²) in [7, 11) is 0. The number of nitrogens with one attached hydrogen (secondary N) is 1. The molecule has 1 heterocycles. The minimum Gasteiger partial charge on any atom is -0.353 e. The van der Waals surface area contributed by atoms with Crippen molar-refractivity contribution in [2.24, 2.45) is 0 Å². The van der Waals surface area contributed by atoms with Gasteiger partial charge in [-0.1, -0.05) is 30.3 Å². The summed E-state index contributed by atoms with van der Waals surface area (Å²) in [6.07, 6.45) is 5.01. The van der Waals surface area contributed by atoms with Crippen molar-refractivity contribution in [1.82, 2.24) is 0 Å². The van der Waals surface area contributed by atoms with E-state index in [1.54, 1.807) is 0 Å².